The van der Waals surface area contributed by atoms with Crippen LogP contribution in [0.25, 0.3) is 0 Å². The van der Waals surface area contributed by atoms with Crippen molar-refractivity contribution in [1.29, 1.82) is 0 Å². The molecule has 3 N–H and O–H groups in total. The molecule has 6 nitrogen and oxygen atoms in total. The lowest BCUT2D eigenvalue weighted by Crippen LogP contribution is -2.35. The van der Waals surface area contributed by atoms with Gasteiger partial charge in [0.2, 0.25) is 11.9 Å². The summed E-state index contributed by atoms with van der Waals surface area (Å²) < 4.78 is 0. The van der Waals surface area contributed by atoms with Gasteiger partial charge in [-0.05, 0) is 19.1 Å². The maximum Gasteiger partial charge on any atom is 0.244 e. The molecule has 1 aromatic carbocycles. The van der Waals surface area contributed by atoms with Crippen molar-refractivity contribution in [3.8, 4) is 0 Å². The Morgan fingerprint density at radius 3 is 2.89 bits per heavy atom. The number of nitrogen functional groups attached to an aromatic ring is 1. The van der Waals surface area contributed by atoms with Crippen LogP contribution in [0.4, 0.5) is 23.1 Å². The van der Waals surface area contributed by atoms with Crippen molar-refractivity contribution < 1.29 is 4.79 Å². The molecule has 1 aliphatic rings. The number of aromatic nitrogens is 2. The lowest BCUT2D eigenvalue weighted by atomic mass is 10.2. The quantitative estimate of drug-likeness (QED) is 0.805. The van der Waals surface area contributed by atoms with Crippen LogP contribution in [0, 0.1) is 6.92 Å². The minimum Gasteiger partial charge on any atom is -0.368 e. The van der Waals surface area contributed by atoms with Gasteiger partial charge in [-0.2, -0.15) is 4.98 Å². The lowest BCUT2D eigenvalue weighted by Gasteiger charge is -2.30. The third kappa shape index (κ3) is 2.08. The third-order valence-electron chi connectivity index (χ3n) is 2.91. The van der Waals surface area contributed by atoms with E-state index in [0.29, 0.717) is 5.82 Å². The zero-order valence-electron chi connectivity index (χ0n) is 10.4. The molecule has 96 valence electrons. The van der Waals surface area contributed by atoms with Crippen molar-refractivity contribution in [3.63, 3.8) is 0 Å². The Kier molecular flexibility index (Phi) is 2.56. The average Bonchev–Trinajstić information content (AvgIpc) is 2.36. The smallest absolute Gasteiger partial charge is 0.244 e. The van der Waals surface area contributed by atoms with Crippen molar-refractivity contribution in [1.82, 2.24) is 9.97 Å². The molecule has 0 bridgehead atoms. The standard InChI is InChI=1S/C13H13N5O/c1-8-6-11(17-13(14)15-8)18-7-12(19)16-9-4-2-3-5-10(9)18/h2-6H,7H2,1H3,(H,16,19)(H2,14,15,17). The second-order valence-electron chi connectivity index (χ2n) is 4.38. The number of para-hydroxylation sites is 2. The molecule has 0 saturated heterocycles. The van der Waals surface area contributed by atoms with Gasteiger partial charge in [0, 0.05) is 11.8 Å². The van der Waals surface area contributed by atoms with Gasteiger partial charge in [0.15, 0.2) is 0 Å². The molecule has 0 radical (unpaired) electrons. The number of nitrogens with two attached hydrogens (primary N) is 1. The fourth-order valence-corrected chi connectivity index (χ4v) is 2.15. The average molecular weight is 255 g/mol. The molecule has 0 atom stereocenters. The van der Waals surface area contributed by atoms with E-state index in [0.717, 1.165) is 17.1 Å². The molecule has 1 amide bonds. The highest BCUT2D eigenvalue weighted by Crippen LogP contribution is 2.33. The second-order valence-corrected chi connectivity index (χ2v) is 4.38. The predicted octanol–water partition coefficient (Wildman–Crippen LogP) is 1.46. The number of rotatable bonds is 1. The Balaban J connectivity index is 2.12. The number of hydrogen-bond acceptors (Lipinski definition) is 5. The Morgan fingerprint density at radius 2 is 2.11 bits per heavy atom. The molecule has 0 saturated carbocycles. The zero-order valence-corrected chi connectivity index (χ0v) is 10.4. The molecule has 0 unspecified atom stereocenters. The fourth-order valence-electron chi connectivity index (χ4n) is 2.15. The summed E-state index contributed by atoms with van der Waals surface area (Å²) in [6, 6.07) is 9.40. The van der Waals surface area contributed by atoms with Crippen molar-refractivity contribution in [2.75, 3.05) is 22.5 Å². The first-order valence-electron chi connectivity index (χ1n) is 5.91. The molecule has 19 heavy (non-hydrogen) atoms. The summed E-state index contributed by atoms with van der Waals surface area (Å²) in [5, 5.41) is 2.83. The van der Waals surface area contributed by atoms with Crippen LogP contribution in [0.1, 0.15) is 5.69 Å². The van der Waals surface area contributed by atoms with Crippen molar-refractivity contribution in [2.24, 2.45) is 0 Å². The molecule has 0 aliphatic carbocycles. The number of nitrogens with zero attached hydrogens (tertiary/aromatic N) is 3. The molecule has 3 rings (SSSR count). The summed E-state index contributed by atoms with van der Waals surface area (Å²) in [7, 11) is 0. The van der Waals surface area contributed by atoms with Gasteiger partial charge in [0.1, 0.15) is 12.4 Å². The molecular formula is C13H13N5O. The van der Waals surface area contributed by atoms with Crippen LogP contribution < -0.4 is 16.0 Å². The van der Waals surface area contributed by atoms with E-state index in [2.05, 4.69) is 15.3 Å². The highest BCUT2D eigenvalue weighted by atomic mass is 16.2. The fraction of sp³-hybridized carbons (Fsp3) is 0.154. The maximum absolute atomic E-state index is 11.8. The van der Waals surface area contributed by atoms with Gasteiger partial charge < -0.3 is 16.0 Å². The number of fused-ring (bicyclic) bond motifs is 1. The van der Waals surface area contributed by atoms with Crippen molar-refractivity contribution in [3.05, 3.63) is 36.0 Å². The van der Waals surface area contributed by atoms with Gasteiger partial charge in [-0.15, -0.1) is 0 Å². The second kappa shape index (κ2) is 4.24. The van der Waals surface area contributed by atoms with Crippen LogP contribution in [0.5, 0.6) is 0 Å². The number of hydrogen-bond donors (Lipinski definition) is 2. The Hall–Kier alpha value is -2.63. The first-order valence-corrected chi connectivity index (χ1v) is 5.91. The van der Waals surface area contributed by atoms with E-state index < -0.39 is 0 Å². The number of benzene rings is 1. The first kappa shape index (κ1) is 11.5. The first-order chi connectivity index (χ1) is 9.13. The topological polar surface area (TPSA) is 84.1 Å². The molecule has 2 aromatic rings. The summed E-state index contributed by atoms with van der Waals surface area (Å²) >= 11 is 0. The minimum atomic E-state index is -0.0754. The maximum atomic E-state index is 11.8. The molecule has 6 heteroatoms. The van der Waals surface area contributed by atoms with Crippen LogP contribution >= 0.6 is 0 Å². The van der Waals surface area contributed by atoms with Gasteiger partial charge >= 0.3 is 0 Å². The number of carbonyl (C=O) groups is 1. The van der Waals surface area contributed by atoms with Gasteiger partial charge in [0.05, 0.1) is 11.4 Å². The molecule has 0 spiro atoms. The Morgan fingerprint density at radius 1 is 1.32 bits per heavy atom. The number of anilines is 4. The van der Waals surface area contributed by atoms with Crippen LogP contribution in [0.3, 0.4) is 0 Å². The summed E-state index contributed by atoms with van der Waals surface area (Å²) in [6.07, 6.45) is 0. The van der Waals surface area contributed by atoms with E-state index in [-0.39, 0.29) is 18.4 Å². The van der Waals surface area contributed by atoms with E-state index in [1.807, 2.05) is 42.2 Å². The summed E-state index contributed by atoms with van der Waals surface area (Å²) in [5.74, 6) is 0.763. The van der Waals surface area contributed by atoms with Gasteiger partial charge in [0.25, 0.3) is 0 Å². The summed E-state index contributed by atoms with van der Waals surface area (Å²) in [5.41, 5.74) is 8.11. The monoisotopic (exact) mass is 255 g/mol. The number of amides is 1. The molecular weight excluding hydrogens is 242 g/mol. The molecule has 2 heterocycles. The molecule has 1 aliphatic heterocycles. The van der Waals surface area contributed by atoms with Crippen LogP contribution in [-0.2, 0) is 4.79 Å². The number of aryl methyl sites for hydroxylation is 1. The predicted molar refractivity (Wildman–Crippen MR) is 73.3 cm³/mol. The highest BCUT2D eigenvalue weighted by molar-refractivity contribution is 6.02. The van der Waals surface area contributed by atoms with Crippen molar-refractivity contribution in [2.45, 2.75) is 6.92 Å². The van der Waals surface area contributed by atoms with Gasteiger partial charge in [-0.1, -0.05) is 12.1 Å². The van der Waals surface area contributed by atoms with E-state index in [9.17, 15) is 4.79 Å². The van der Waals surface area contributed by atoms with E-state index in [1.54, 1.807) is 0 Å². The van der Waals surface area contributed by atoms with Crippen molar-refractivity contribution >= 4 is 29.0 Å². The van der Waals surface area contributed by atoms with Crippen LogP contribution in [0.2, 0.25) is 0 Å². The van der Waals surface area contributed by atoms with E-state index in [4.69, 9.17) is 5.73 Å². The SMILES string of the molecule is Cc1cc(N2CC(=O)Nc3ccccc32)nc(N)n1. The van der Waals surface area contributed by atoms with Crippen LogP contribution in [-0.4, -0.2) is 22.4 Å². The molecule has 1 aromatic heterocycles. The van der Waals surface area contributed by atoms with Gasteiger partial charge in [-0.25, -0.2) is 4.98 Å². The lowest BCUT2D eigenvalue weighted by molar-refractivity contribution is -0.115. The van der Waals surface area contributed by atoms with Crippen LogP contribution in [0.15, 0.2) is 30.3 Å². The molecule has 0 fully saturated rings. The normalized spacial score (nSPS) is 13.9. The Labute approximate surface area is 110 Å². The summed E-state index contributed by atoms with van der Waals surface area (Å²) in [6.45, 7) is 2.06. The van der Waals surface area contributed by atoms with E-state index in [1.165, 1.54) is 0 Å². The number of nitrogens with one attached hydrogen (secondary N) is 1. The minimum absolute atomic E-state index is 0.0754. The largest absolute Gasteiger partial charge is 0.368 e. The van der Waals surface area contributed by atoms with Gasteiger partial charge in [-0.3, -0.25) is 4.79 Å². The number of carbonyl (C=O) groups excluding carboxylic acids is 1. The Bertz CT molecular complexity index is 635. The zero-order chi connectivity index (χ0) is 13.4. The summed E-state index contributed by atoms with van der Waals surface area (Å²) in [4.78, 5) is 21.8. The third-order valence-corrected chi connectivity index (χ3v) is 2.91. The highest BCUT2D eigenvalue weighted by Gasteiger charge is 2.23. The van der Waals surface area contributed by atoms with E-state index >= 15 is 0 Å².